The SMILES string of the molecule is CCCNC(=O)C1(C(=O)NCc2ccc(Cl)cc2)CC1. The number of carbonyl (C=O) groups excluding carboxylic acids is 2. The molecule has 0 bridgehead atoms. The van der Waals surface area contributed by atoms with E-state index >= 15 is 0 Å². The number of hydrogen-bond acceptors (Lipinski definition) is 2. The molecule has 0 atom stereocenters. The number of amides is 2. The van der Waals surface area contributed by atoms with E-state index in [0.717, 1.165) is 12.0 Å². The summed E-state index contributed by atoms with van der Waals surface area (Å²) < 4.78 is 0. The number of carbonyl (C=O) groups is 2. The van der Waals surface area contributed by atoms with Crippen molar-refractivity contribution < 1.29 is 9.59 Å². The van der Waals surface area contributed by atoms with Gasteiger partial charge in [0, 0.05) is 18.1 Å². The highest BCUT2D eigenvalue weighted by atomic mass is 35.5. The van der Waals surface area contributed by atoms with Crippen molar-refractivity contribution in [2.45, 2.75) is 32.7 Å². The fourth-order valence-electron chi connectivity index (χ4n) is 2.04. The molecule has 108 valence electrons. The summed E-state index contributed by atoms with van der Waals surface area (Å²) >= 11 is 5.81. The van der Waals surface area contributed by atoms with Gasteiger partial charge in [0.15, 0.2) is 0 Å². The second-order valence-electron chi connectivity index (χ2n) is 5.15. The van der Waals surface area contributed by atoms with Gasteiger partial charge in [-0.25, -0.2) is 0 Å². The van der Waals surface area contributed by atoms with Gasteiger partial charge in [-0.1, -0.05) is 30.7 Å². The quantitative estimate of drug-likeness (QED) is 0.791. The van der Waals surface area contributed by atoms with Crippen molar-refractivity contribution in [2.24, 2.45) is 5.41 Å². The van der Waals surface area contributed by atoms with Gasteiger partial charge in [-0.3, -0.25) is 9.59 Å². The first-order valence-corrected chi connectivity index (χ1v) is 7.27. The normalized spacial score (nSPS) is 15.5. The van der Waals surface area contributed by atoms with Crippen LogP contribution in [0.2, 0.25) is 5.02 Å². The van der Waals surface area contributed by atoms with Crippen LogP contribution in [-0.2, 0) is 16.1 Å². The zero-order valence-corrected chi connectivity index (χ0v) is 12.3. The smallest absolute Gasteiger partial charge is 0.235 e. The molecule has 4 nitrogen and oxygen atoms in total. The van der Waals surface area contributed by atoms with Crippen LogP contribution in [-0.4, -0.2) is 18.4 Å². The van der Waals surface area contributed by atoms with Crippen LogP contribution in [0.5, 0.6) is 0 Å². The molecule has 1 aliphatic carbocycles. The summed E-state index contributed by atoms with van der Waals surface area (Å²) in [6, 6.07) is 7.28. The Labute approximate surface area is 123 Å². The monoisotopic (exact) mass is 294 g/mol. The van der Waals surface area contributed by atoms with Gasteiger partial charge in [0.1, 0.15) is 5.41 Å². The minimum absolute atomic E-state index is 0.145. The predicted octanol–water partition coefficient (Wildman–Crippen LogP) is 2.26. The molecule has 1 aliphatic rings. The Balaban J connectivity index is 1.88. The highest BCUT2D eigenvalue weighted by Gasteiger charge is 2.56. The molecule has 20 heavy (non-hydrogen) atoms. The fraction of sp³-hybridized carbons (Fsp3) is 0.467. The summed E-state index contributed by atoms with van der Waals surface area (Å²) in [5.74, 6) is -0.325. The van der Waals surface area contributed by atoms with Crippen LogP contribution >= 0.6 is 11.6 Å². The Kier molecular flexibility index (Phi) is 4.65. The molecule has 0 unspecified atom stereocenters. The van der Waals surface area contributed by atoms with Crippen LogP contribution < -0.4 is 10.6 Å². The molecule has 2 amide bonds. The first kappa shape index (κ1) is 14.9. The van der Waals surface area contributed by atoms with Crippen molar-refractivity contribution >= 4 is 23.4 Å². The molecule has 0 radical (unpaired) electrons. The van der Waals surface area contributed by atoms with Crippen molar-refractivity contribution in [1.82, 2.24) is 10.6 Å². The van der Waals surface area contributed by atoms with Gasteiger partial charge in [-0.15, -0.1) is 0 Å². The molecule has 0 heterocycles. The van der Waals surface area contributed by atoms with E-state index in [9.17, 15) is 9.59 Å². The summed E-state index contributed by atoms with van der Waals surface area (Å²) in [6.45, 7) is 3.02. The Hall–Kier alpha value is -1.55. The van der Waals surface area contributed by atoms with Crippen LogP contribution in [0.1, 0.15) is 31.7 Å². The molecule has 1 aromatic carbocycles. The zero-order valence-electron chi connectivity index (χ0n) is 11.5. The summed E-state index contributed by atoms with van der Waals surface area (Å²) in [5.41, 5.74) is 0.134. The van der Waals surface area contributed by atoms with E-state index in [0.29, 0.717) is 31.0 Å². The number of halogens is 1. The van der Waals surface area contributed by atoms with E-state index < -0.39 is 5.41 Å². The van der Waals surface area contributed by atoms with Crippen molar-refractivity contribution in [3.63, 3.8) is 0 Å². The van der Waals surface area contributed by atoms with E-state index in [1.54, 1.807) is 12.1 Å². The van der Waals surface area contributed by atoms with Crippen molar-refractivity contribution in [1.29, 1.82) is 0 Å². The lowest BCUT2D eigenvalue weighted by Gasteiger charge is -2.15. The van der Waals surface area contributed by atoms with E-state index in [1.807, 2.05) is 19.1 Å². The number of rotatable bonds is 6. The van der Waals surface area contributed by atoms with Crippen LogP contribution in [0.4, 0.5) is 0 Å². The molecular formula is C15H19ClN2O2. The van der Waals surface area contributed by atoms with Crippen LogP contribution in [0.25, 0.3) is 0 Å². The Morgan fingerprint density at radius 2 is 1.75 bits per heavy atom. The van der Waals surface area contributed by atoms with Gasteiger partial charge in [-0.05, 0) is 37.0 Å². The topological polar surface area (TPSA) is 58.2 Å². The maximum Gasteiger partial charge on any atom is 0.235 e. The molecule has 1 fully saturated rings. The summed E-state index contributed by atoms with van der Waals surface area (Å²) in [5, 5.41) is 6.30. The summed E-state index contributed by atoms with van der Waals surface area (Å²) in [6.07, 6.45) is 2.14. The van der Waals surface area contributed by atoms with Crippen molar-refractivity contribution in [2.75, 3.05) is 6.54 Å². The predicted molar refractivity (Wildman–Crippen MR) is 78.3 cm³/mol. The molecule has 0 aliphatic heterocycles. The van der Waals surface area contributed by atoms with Gasteiger partial charge in [0.25, 0.3) is 0 Å². The first-order valence-electron chi connectivity index (χ1n) is 6.89. The number of nitrogens with one attached hydrogen (secondary N) is 2. The van der Waals surface area contributed by atoms with E-state index in [-0.39, 0.29) is 11.8 Å². The van der Waals surface area contributed by atoms with Gasteiger partial charge in [0.05, 0.1) is 0 Å². The molecule has 0 saturated heterocycles. The Morgan fingerprint density at radius 3 is 2.30 bits per heavy atom. The standard InChI is InChI=1S/C15H19ClN2O2/c1-2-9-17-13(19)15(7-8-15)14(20)18-10-11-3-5-12(16)6-4-11/h3-6H,2,7-10H2,1H3,(H,17,19)(H,18,20). The van der Waals surface area contributed by atoms with Gasteiger partial charge < -0.3 is 10.6 Å². The first-order chi connectivity index (χ1) is 9.58. The summed E-state index contributed by atoms with van der Waals surface area (Å²) in [4.78, 5) is 24.2. The average molecular weight is 295 g/mol. The van der Waals surface area contributed by atoms with Crippen LogP contribution in [0.15, 0.2) is 24.3 Å². The van der Waals surface area contributed by atoms with Crippen molar-refractivity contribution in [3.05, 3.63) is 34.9 Å². The molecule has 0 spiro atoms. The zero-order chi connectivity index (χ0) is 14.6. The lowest BCUT2D eigenvalue weighted by atomic mass is 10.0. The van der Waals surface area contributed by atoms with Crippen LogP contribution in [0, 0.1) is 5.41 Å². The molecule has 2 rings (SSSR count). The van der Waals surface area contributed by atoms with Gasteiger partial charge in [-0.2, -0.15) is 0 Å². The Morgan fingerprint density at radius 1 is 1.15 bits per heavy atom. The molecule has 5 heteroatoms. The highest BCUT2D eigenvalue weighted by Crippen LogP contribution is 2.46. The number of hydrogen-bond donors (Lipinski definition) is 2. The minimum Gasteiger partial charge on any atom is -0.355 e. The third-order valence-electron chi connectivity index (χ3n) is 3.52. The molecule has 2 N–H and O–H groups in total. The van der Waals surface area contributed by atoms with Gasteiger partial charge in [0.2, 0.25) is 11.8 Å². The lowest BCUT2D eigenvalue weighted by molar-refractivity contribution is -0.137. The fourth-order valence-corrected chi connectivity index (χ4v) is 2.17. The highest BCUT2D eigenvalue weighted by molar-refractivity contribution is 6.30. The average Bonchev–Trinajstić information content (AvgIpc) is 3.25. The number of benzene rings is 1. The third-order valence-corrected chi connectivity index (χ3v) is 3.77. The minimum atomic E-state index is -0.832. The largest absolute Gasteiger partial charge is 0.355 e. The van der Waals surface area contributed by atoms with Gasteiger partial charge >= 0.3 is 0 Å². The van der Waals surface area contributed by atoms with Crippen molar-refractivity contribution in [3.8, 4) is 0 Å². The van der Waals surface area contributed by atoms with E-state index in [4.69, 9.17) is 11.6 Å². The molecular weight excluding hydrogens is 276 g/mol. The second kappa shape index (κ2) is 6.27. The summed E-state index contributed by atoms with van der Waals surface area (Å²) in [7, 11) is 0. The third kappa shape index (κ3) is 3.31. The maximum atomic E-state index is 12.2. The van der Waals surface area contributed by atoms with E-state index in [1.165, 1.54) is 0 Å². The van der Waals surface area contributed by atoms with Crippen LogP contribution in [0.3, 0.4) is 0 Å². The molecule has 1 saturated carbocycles. The lowest BCUT2D eigenvalue weighted by Crippen LogP contribution is -2.43. The molecule has 1 aromatic rings. The maximum absolute atomic E-state index is 12.2. The van der Waals surface area contributed by atoms with E-state index in [2.05, 4.69) is 10.6 Å². The second-order valence-corrected chi connectivity index (χ2v) is 5.58. The molecule has 0 aromatic heterocycles. The Bertz CT molecular complexity index is 495.